The minimum absolute atomic E-state index is 0.131. The van der Waals surface area contributed by atoms with Crippen LogP contribution in [0.25, 0.3) is 0 Å². The molecule has 2 atom stereocenters. The van der Waals surface area contributed by atoms with Gasteiger partial charge in [-0.3, -0.25) is 9.59 Å². The van der Waals surface area contributed by atoms with Crippen molar-refractivity contribution in [3.8, 4) is 0 Å². The molecule has 1 aliphatic rings. The molecule has 7 heteroatoms. The number of ether oxygens (including phenoxy) is 1. The molecule has 2 unspecified atom stereocenters. The van der Waals surface area contributed by atoms with E-state index in [1.54, 1.807) is 25.7 Å². The second kappa shape index (κ2) is 13.0. The minimum Gasteiger partial charge on any atom is -0.444 e. The van der Waals surface area contributed by atoms with Gasteiger partial charge in [-0.2, -0.15) is 0 Å². The lowest BCUT2D eigenvalue weighted by molar-refractivity contribution is -0.145. The van der Waals surface area contributed by atoms with Gasteiger partial charge in [-0.25, -0.2) is 4.79 Å². The van der Waals surface area contributed by atoms with Gasteiger partial charge in [-0.15, -0.1) is 0 Å². The van der Waals surface area contributed by atoms with Crippen molar-refractivity contribution in [1.82, 2.24) is 10.2 Å². The van der Waals surface area contributed by atoms with Crippen LogP contribution in [0.5, 0.6) is 0 Å². The number of amides is 3. The number of carbonyl (C=O) groups is 3. The normalized spacial score (nSPS) is 14.8. The van der Waals surface area contributed by atoms with Crippen molar-refractivity contribution in [3.05, 3.63) is 101 Å². The van der Waals surface area contributed by atoms with Gasteiger partial charge in [-0.1, -0.05) is 72.8 Å². The molecule has 7 nitrogen and oxygen atoms in total. The number of para-hydroxylation sites is 1. The molecule has 3 amide bonds. The minimum atomic E-state index is -0.925. The fourth-order valence-electron chi connectivity index (χ4n) is 5.09. The summed E-state index contributed by atoms with van der Waals surface area (Å²) in [6.07, 6.45) is 2.14. The fourth-order valence-corrected chi connectivity index (χ4v) is 5.09. The van der Waals surface area contributed by atoms with Gasteiger partial charge in [0.15, 0.2) is 0 Å². The Balaban J connectivity index is 1.75. The van der Waals surface area contributed by atoms with Gasteiger partial charge in [0.1, 0.15) is 17.7 Å². The number of rotatable bonds is 9. The number of alkyl carbamates (subject to hydrolysis) is 1. The number of anilines is 1. The highest BCUT2D eigenvalue weighted by Crippen LogP contribution is 2.36. The van der Waals surface area contributed by atoms with Gasteiger partial charge >= 0.3 is 6.09 Å². The topological polar surface area (TPSA) is 87.7 Å². The average Bonchev–Trinajstić information content (AvgIpc) is 2.88. The molecule has 0 heterocycles. The first-order valence-corrected chi connectivity index (χ1v) is 14.3. The lowest BCUT2D eigenvalue weighted by Crippen LogP contribution is -2.57. The van der Waals surface area contributed by atoms with E-state index in [9.17, 15) is 14.4 Å². The number of nitrogens with zero attached hydrogens (tertiary/aromatic N) is 1. The molecule has 0 aliphatic heterocycles. The van der Waals surface area contributed by atoms with E-state index < -0.39 is 23.8 Å². The molecule has 2 N–H and O–H groups in total. The maximum Gasteiger partial charge on any atom is 0.408 e. The molecule has 0 bridgehead atoms. The Morgan fingerprint density at radius 2 is 1.49 bits per heavy atom. The highest BCUT2D eigenvalue weighted by Gasteiger charge is 2.42. The zero-order valence-electron chi connectivity index (χ0n) is 24.6. The molecule has 3 aromatic carbocycles. The lowest BCUT2D eigenvalue weighted by Gasteiger charge is -2.44. The van der Waals surface area contributed by atoms with Gasteiger partial charge in [0, 0.05) is 18.2 Å². The van der Waals surface area contributed by atoms with Gasteiger partial charge < -0.3 is 20.3 Å². The Bertz CT molecular complexity index is 1360. The number of aryl methyl sites for hydroxylation is 2. The van der Waals surface area contributed by atoms with Crippen molar-refractivity contribution >= 4 is 23.6 Å². The van der Waals surface area contributed by atoms with E-state index in [-0.39, 0.29) is 24.3 Å². The van der Waals surface area contributed by atoms with Gasteiger partial charge in [0.05, 0.1) is 0 Å². The molecule has 0 aromatic heterocycles. The smallest absolute Gasteiger partial charge is 0.408 e. The van der Waals surface area contributed by atoms with Crippen LogP contribution in [0.15, 0.2) is 78.9 Å². The van der Waals surface area contributed by atoms with E-state index in [4.69, 9.17) is 4.74 Å². The van der Waals surface area contributed by atoms with Crippen molar-refractivity contribution in [1.29, 1.82) is 0 Å². The molecule has 41 heavy (non-hydrogen) atoms. The predicted octanol–water partition coefficient (Wildman–Crippen LogP) is 6.50. The summed E-state index contributed by atoms with van der Waals surface area (Å²) in [7, 11) is 0. The molecule has 0 radical (unpaired) electrons. The molecule has 4 rings (SSSR count). The summed E-state index contributed by atoms with van der Waals surface area (Å²) in [6.45, 7) is 9.24. The average molecular weight is 556 g/mol. The number of nitrogens with one attached hydrogen (secondary N) is 2. The van der Waals surface area contributed by atoms with E-state index in [1.165, 1.54) is 0 Å². The van der Waals surface area contributed by atoms with E-state index >= 15 is 0 Å². The van der Waals surface area contributed by atoms with Crippen LogP contribution in [0, 0.1) is 13.8 Å². The van der Waals surface area contributed by atoms with E-state index in [1.807, 2.05) is 92.7 Å². The van der Waals surface area contributed by atoms with Crippen molar-refractivity contribution in [3.63, 3.8) is 0 Å². The highest BCUT2D eigenvalue weighted by atomic mass is 16.6. The third-order valence-corrected chi connectivity index (χ3v) is 7.41. The first-order valence-electron chi connectivity index (χ1n) is 14.3. The summed E-state index contributed by atoms with van der Waals surface area (Å²) in [6, 6.07) is 22.9. The first kappa shape index (κ1) is 29.8. The fraction of sp³-hybridized carbons (Fsp3) is 0.382. The van der Waals surface area contributed by atoms with Gasteiger partial charge in [0.25, 0.3) is 5.91 Å². The highest BCUT2D eigenvalue weighted by molar-refractivity contribution is 5.99. The van der Waals surface area contributed by atoms with Gasteiger partial charge in [-0.05, 0) is 82.2 Å². The molecule has 1 saturated carbocycles. The van der Waals surface area contributed by atoms with Gasteiger partial charge in [0.2, 0.25) is 5.91 Å². The maximum atomic E-state index is 14.6. The molecule has 1 aliphatic carbocycles. The summed E-state index contributed by atoms with van der Waals surface area (Å²) in [5.74, 6) is -0.595. The summed E-state index contributed by atoms with van der Waals surface area (Å²) in [5, 5.41) is 5.93. The summed E-state index contributed by atoms with van der Waals surface area (Å²) < 4.78 is 5.54. The van der Waals surface area contributed by atoms with Crippen molar-refractivity contribution in [2.45, 2.75) is 84.0 Å². The Hall–Kier alpha value is -4.13. The zero-order chi connectivity index (χ0) is 29.6. The van der Waals surface area contributed by atoms with E-state index in [0.29, 0.717) is 5.69 Å². The Kier molecular flexibility index (Phi) is 9.48. The van der Waals surface area contributed by atoms with Crippen LogP contribution in [0.1, 0.15) is 68.3 Å². The molecule has 1 fully saturated rings. The summed E-state index contributed by atoms with van der Waals surface area (Å²) >= 11 is 0. The number of benzene rings is 3. The summed E-state index contributed by atoms with van der Waals surface area (Å²) in [4.78, 5) is 43.5. The summed E-state index contributed by atoms with van der Waals surface area (Å²) in [5.41, 5.74) is 3.47. The number of carbonyl (C=O) groups excluding carboxylic acids is 3. The van der Waals surface area contributed by atoms with Crippen LogP contribution in [-0.2, 0) is 20.7 Å². The van der Waals surface area contributed by atoms with Crippen LogP contribution in [0.2, 0.25) is 0 Å². The largest absolute Gasteiger partial charge is 0.444 e. The Labute approximate surface area is 243 Å². The lowest BCUT2D eigenvalue weighted by atomic mass is 9.87. The second-order valence-corrected chi connectivity index (χ2v) is 11.8. The molecule has 0 spiro atoms. The number of hydrogen-bond acceptors (Lipinski definition) is 4. The van der Waals surface area contributed by atoms with Crippen molar-refractivity contribution in [2.75, 3.05) is 5.32 Å². The maximum absolute atomic E-state index is 14.6. The van der Waals surface area contributed by atoms with E-state index in [0.717, 1.165) is 41.5 Å². The van der Waals surface area contributed by atoms with Crippen LogP contribution in [-0.4, -0.2) is 40.5 Å². The zero-order valence-corrected chi connectivity index (χ0v) is 24.6. The quantitative estimate of drug-likeness (QED) is 0.316. The monoisotopic (exact) mass is 555 g/mol. The predicted molar refractivity (Wildman–Crippen MR) is 162 cm³/mol. The van der Waals surface area contributed by atoms with Crippen LogP contribution in [0.4, 0.5) is 10.5 Å². The molecular formula is C34H41N3O4. The van der Waals surface area contributed by atoms with Crippen molar-refractivity contribution in [2.24, 2.45) is 0 Å². The van der Waals surface area contributed by atoms with Crippen LogP contribution in [0.3, 0.4) is 0 Å². The third-order valence-electron chi connectivity index (χ3n) is 7.41. The second-order valence-electron chi connectivity index (χ2n) is 11.8. The molecule has 0 saturated heterocycles. The Morgan fingerprint density at radius 3 is 2.07 bits per heavy atom. The standard InChI is InChI=1S/C34H41N3O4/c1-23-14-9-11-20-27(23)30(31(38)35-28-21-12-10-15-24(28)2)37(26-18-13-19-26)32(39)29(22-25-16-7-6-8-17-25)36-33(40)41-34(3,4)5/h6-12,14-17,20-21,26,29-30H,13,18-19,22H2,1-5H3,(H,35,38)(H,36,40). The number of hydrogen-bond donors (Lipinski definition) is 2. The SMILES string of the molecule is Cc1ccccc1NC(=O)C(c1ccccc1C)N(C(=O)C(Cc1ccccc1)NC(=O)OC(C)(C)C)C1CCC1. The molecular weight excluding hydrogens is 514 g/mol. The first-order chi connectivity index (χ1) is 19.5. The van der Waals surface area contributed by atoms with Crippen LogP contribution < -0.4 is 10.6 Å². The van der Waals surface area contributed by atoms with E-state index in [2.05, 4.69) is 10.6 Å². The van der Waals surface area contributed by atoms with Crippen molar-refractivity contribution < 1.29 is 19.1 Å². The van der Waals surface area contributed by atoms with Crippen LogP contribution >= 0.6 is 0 Å². The molecule has 216 valence electrons. The molecule has 3 aromatic rings. The Morgan fingerprint density at radius 1 is 0.878 bits per heavy atom. The third kappa shape index (κ3) is 7.75.